The first-order valence-electron chi connectivity index (χ1n) is 8.59. The zero-order valence-corrected chi connectivity index (χ0v) is 15.4. The molecule has 0 bridgehead atoms. The van der Waals surface area contributed by atoms with Gasteiger partial charge in [-0.15, -0.1) is 0 Å². The van der Waals surface area contributed by atoms with Crippen LogP contribution < -0.4 is 10.2 Å². The fourth-order valence-corrected chi connectivity index (χ4v) is 3.22. The van der Waals surface area contributed by atoms with E-state index in [4.69, 9.17) is 0 Å². The number of rotatable bonds is 4. The molecule has 3 rings (SSSR count). The van der Waals surface area contributed by atoms with Crippen molar-refractivity contribution in [2.24, 2.45) is 7.05 Å². The van der Waals surface area contributed by atoms with Gasteiger partial charge in [-0.3, -0.25) is 24.1 Å². The quantitative estimate of drug-likeness (QED) is 0.861. The van der Waals surface area contributed by atoms with Gasteiger partial charge in [0.25, 0.3) is 0 Å². The Kier molecular flexibility index (Phi) is 5.41. The van der Waals surface area contributed by atoms with Gasteiger partial charge in [-0.1, -0.05) is 12.1 Å². The third kappa shape index (κ3) is 4.33. The van der Waals surface area contributed by atoms with E-state index in [0.29, 0.717) is 11.4 Å². The fraction of sp³-hybridized carbons (Fsp3) is 0.389. The molecule has 2 heterocycles. The summed E-state index contributed by atoms with van der Waals surface area (Å²) in [4.78, 5) is 27.2. The molecule has 0 spiro atoms. The summed E-state index contributed by atoms with van der Waals surface area (Å²) in [6.07, 6.45) is -2.20. The number of halogens is 3. The second kappa shape index (κ2) is 7.63. The summed E-state index contributed by atoms with van der Waals surface area (Å²) in [6, 6.07) is 3.77. The molecule has 10 heteroatoms. The minimum absolute atomic E-state index is 0.0375. The summed E-state index contributed by atoms with van der Waals surface area (Å²) >= 11 is 0. The van der Waals surface area contributed by atoms with Crippen molar-refractivity contribution in [1.82, 2.24) is 14.7 Å². The van der Waals surface area contributed by atoms with Crippen molar-refractivity contribution < 1.29 is 22.8 Å². The van der Waals surface area contributed by atoms with Crippen LogP contribution in [0.15, 0.2) is 36.7 Å². The zero-order chi connectivity index (χ0) is 20.5. The maximum Gasteiger partial charge on any atom is 0.409 e. The topological polar surface area (TPSA) is 70.5 Å². The van der Waals surface area contributed by atoms with Gasteiger partial charge in [0.1, 0.15) is 6.04 Å². The molecule has 2 amide bonds. The number of alkyl halides is 3. The normalized spacial score (nSPS) is 17.3. The van der Waals surface area contributed by atoms with Crippen LogP contribution in [0.4, 0.5) is 24.5 Å². The molecule has 2 aromatic rings. The lowest BCUT2D eigenvalue weighted by Crippen LogP contribution is -2.52. The Morgan fingerprint density at radius 3 is 2.71 bits per heavy atom. The van der Waals surface area contributed by atoms with Crippen LogP contribution in [-0.2, 0) is 23.2 Å². The molecule has 0 saturated heterocycles. The summed E-state index contributed by atoms with van der Waals surface area (Å²) in [6.45, 7) is 0.104. The lowest BCUT2D eigenvalue weighted by molar-refractivity contribution is -0.158. The molecule has 0 saturated carbocycles. The smallest absolute Gasteiger partial charge is 0.324 e. The number of benzene rings is 1. The number of aromatic nitrogens is 2. The molecule has 0 aliphatic carbocycles. The number of hydrogen-bond donors (Lipinski definition) is 1. The van der Waals surface area contributed by atoms with E-state index < -0.39 is 30.5 Å². The number of aryl methyl sites for hydroxylation is 1. The molecule has 7 nitrogen and oxygen atoms in total. The molecule has 0 fully saturated rings. The number of carbonyl (C=O) groups is 2. The minimum atomic E-state index is -4.74. The van der Waals surface area contributed by atoms with Gasteiger partial charge in [0, 0.05) is 25.4 Å². The molecule has 1 aliphatic rings. The van der Waals surface area contributed by atoms with Crippen LogP contribution in [-0.4, -0.2) is 52.3 Å². The third-order valence-electron chi connectivity index (χ3n) is 4.39. The Hall–Kier alpha value is -2.88. The van der Waals surface area contributed by atoms with Crippen LogP contribution in [0, 0.1) is 0 Å². The van der Waals surface area contributed by atoms with Gasteiger partial charge in [0.15, 0.2) is 0 Å². The van der Waals surface area contributed by atoms with Crippen molar-refractivity contribution in [2.45, 2.75) is 25.2 Å². The van der Waals surface area contributed by atoms with Crippen molar-refractivity contribution in [1.29, 1.82) is 0 Å². The van der Waals surface area contributed by atoms with Crippen LogP contribution in [0.25, 0.3) is 0 Å². The molecule has 28 heavy (non-hydrogen) atoms. The molecule has 0 radical (unpaired) electrons. The average Bonchev–Trinajstić information content (AvgIpc) is 2.91. The highest BCUT2D eigenvalue weighted by Crippen LogP contribution is 2.37. The largest absolute Gasteiger partial charge is 0.409 e. The summed E-state index contributed by atoms with van der Waals surface area (Å²) in [7, 11) is 3.39. The van der Waals surface area contributed by atoms with Crippen molar-refractivity contribution in [3.8, 4) is 0 Å². The molecule has 1 aromatic heterocycles. The zero-order valence-electron chi connectivity index (χ0n) is 15.4. The Bertz CT molecular complexity index is 880. The van der Waals surface area contributed by atoms with Crippen molar-refractivity contribution in [3.05, 3.63) is 42.2 Å². The predicted octanol–water partition coefficient (Wildman–Crippen LogP) is 2.16. The van der Waals surface area contributed by atoms with E-state index >= 15 is 0 Å². The first-order chi connectivity index (χ1) is 13.1. The number of hydrogen-bond acceptors (Lipinski definition) is 4. The maximum atomic E-state index is 13.7. The molecule has 1 unspecified atom stereocenters. The second-order valence-corrected chi connectivity index (χ2v) is 6.79. The first kappa shape index (κ1) is 19.9. The second-order valence-electron chi connectivity index (χ2n) is 6.79. The Morgan fingerprint density at radius 2 is 2.07 bits per heavy atom. The summed E-state index contributed by atoms with van der Waals surface area (Å²) in [5.74, 6) is -1.52. The lowest BCUT2D eigenvalue weighted by Gasteiger charge is -2.32. The van der Waals surface area contributed by atoms with Gasteiger partial charge >= 0.3 is 6.18 Å². The number of anilines is 2. The monoisotopic (exact) mass is 395 g/mol. The number of amides is 2. The van der Waals surface area contributed by atoms with Crippen molar-refractivity contribution in [3.63, 3.8) is 0 Å². The summed E-state index contributed by atoms with van der Waals surface area (Å²) in [5.41, 5.74) is 1.05. The van der Waals surface area contributed by atoms with Gasteiger partial charge in [-0.05, 0) is 19.2 Å². The van der Waals surface area contributed by atoms with Crippen LogP contribution in [0.1, 0.15) is 12.0 Å². The van der Waals surface area contributed by atoms with Gasteiger partial charge in [-0.2, -0.15) is 18.3 Å². The van der Waals surface area contributed by atoms with Gasteiger partial charge < -0.3 is 5.32 Å². The van der Waals surface area contributed by atoms with Crippen LogP contribution in [0.3, 0.4) is 0 Å². The van der Waals surface area contributed by atoms with Crippen LogP contribution >= 0.6 is 0 Å². The van der Waals surface area contributed by atoms with E-state index in [0.717, 1.165) is 5.56 Å². The molecule has 1 aromatic carbocycles. The summed E-state index contributed by atoms with van der Waals surface area (Å²) in [5, 5.41) is 6.48. The van der Waals surface area contributed by atoms with E-state index in [2.05, 4.69) is 10.4 Å². The molecular formula is C18H20F3N5O2. The SMILES string of the molecule is CN(CC(=O)N1c2ccccc2NC(=O)CC1C(F)(F)F)Cc1cnn(C)c1. The van der Waals surface area contributed by atoms with E-state index in [9.17, 15) is 22.8 Å². The molecule has 1 N–H and O–H groups in total. The van der Waals surface area contributed by atoms with E-state index in [-0.39, 0.29) is 17.9 Å². The van der Waals surface area contributed by atoms with Gasteiger partial charge in [-0.25, -0.2) is 0 Å². The fourth-order valence-electron chi connectivity index (χ4n) is 3.22. The number of nitrogens with one attached hydrogen (secondary N) is 1. The molecule has 1 aliphatic heterocycles. The van der Waals surface area contributed by atoms with Crippen LogP contribution in [0.5, 0.6) is 0 Å². The Morgan fingerprint density at radius 1 is 1.36 bits per heavy atom. The molecule has 150 valence electrons. The van der Waals surface area contributed by atoms with E-state index in [1.54, 1.807) is 42.1 Å². The standard InChI is InChI=1S/C18H20F3N5O2/c1-24(9-12-8-22-25(2)10-12)11-17(28)26-14-6-4-3-5-13(14)23-16(27)7-15(26)18(19,20)21/h3-6,8,10,15H,7,9,11H2,1-2H3,(H,23,27). The first-order valence-corrected chi connectivity index (χ1v) is 8.59. The maximum absolute atomic E-state index is 13.7. The van der Waals surface area contributed by atoms with E-state index in [1.165, 1.54) is 18.2 Å². The highest BCUT2D eigenvalue weighted by molar-refractivity contribution is 6.05. The van der Waals surface area contributed by atoms with Crippen molar-refractivity contribution in [2.75, 3.05) is 23.8 Å². The minimum Gasteiger partial charge on any atom is -0.324 e. The number of likely N-dealkylation sites (N-methyl/N-ethyl adjacent to an activating group) is 1. The highest BCUT2D eigenvalue weighted by Gasteiger charge is 2.49. The highest BCUT2D eigenvalue weighted by atomic mass is 19.4. The molecule has 1 atom stereocenters. The van der Waals surface area contributed by atoms with Crippen molar-refractivity contribution >= 4 is 23.2 Å². The van der Waals surface area contributed by atoms with E-state index in [1.807, 2.05) is 0 Å². The van der Waals surface area contributed by atoms with Gasteiger partial charge in [0.2, 0.25) is 11.8 Å². The van der Waals surface area contributed by atoms with Gasteiger partial charge in [0.05, 0.1) is 30.5 Å². The number of nitrogens with zero attached hydrogens (tertiary/aromatic N) is 4. The summed E-state index contributed by atoms with van der Waals surface area (Å²) < 4.78 is 42.7. The van der Waals surface area contributed by atoms with Crippen LogP contribution in [0.2, 0.25) is 0 Å². The Balaban J connectivity index is 1.88. The predicted molar refractivity (Wildman–Crippen MR) is 96.6 cm³/mol. The molecular weight excluding hydrogens is 375 g/mol. The third-order valence-corrected chi connectivity index (χ3v) is 4.39. The number of para-hydroxylation sites is 2. The average molecular weight is 395 g/mol. The number of fused-ring (bicyclic) bond motifs is 1. The Labute approximate surface area is 159 Å². The number of carbonyl (C=O) groups excluding carboxylic acids is 2. The lowest BCUT2D eigenvalue weighted by atomic mass is 10.1.